The van der Waals surface area contributed by atoms with Crippen LogP contribution in [-0.2, 0) is 9.59 Å². The van der Waals surface area contributed by atoms with Crippen molar-refractivity contribution >= 4 is 39.1 Å². The summed E-state index contributed by atoms with van der Waals surface area (Å²) in [5.41, 5.74) is 10.9. The Labute approximate surface area is 216 Å². The number of carbonyl (C=O) groups is 2. The molecule has 1 aromatic heterocycles. The Bertz CT molecular complexity index is 1520. The van der Waals surface area contributed by atoms with Crippen molar-refractivity contribution in [3.8, 4) is 16.9 Å². The van der Waals surface area contributed by atoms with E-state index in [0.29, 0.717) is 32.5 Å². The van der Waals surface area contributed by atoms with Crippen LogP contribution in [0.4, 0.5) is 0 Å². The number of hydrogen-bond acceptors (Lipinski definition) is 4. The number of nitrogens with two attached hydrogens (primary N) is 1. The normalized spacial score (nSPS) is 14.9. The van der Waals surface area contributed by atoms with E-state index in [-0.39, 0.29) is 17.7 Å². The molecule has 5 rings (SSSR count). The number of furan rings is 1. The minimum absolute atomic E-state index is 0.0675. The molecular formula is C31H32N2O4. The number of aryl methyl sites for hydroxylation is 1. The van der Waals surface area contributed by atoms with Gasteiger partial charge >= 0.3 is 0 Å². The molecule has 0 spiro atoms. The fourth-order valence-corrected chi connectivity index (χ4v) is 5.35. The Kier molecular flexibility index (Phi) is 6.74. The standard InChI is InChI=1S/C31H32N2O4/c1-4-36-29-20(3)30-26(27(18-37-30)24-11-7-9-21-8-5-6-10-23(21)24)17-25(29)19(2)16-28(34)33-14-12-22(13-15-33)31(32)35/h5-11,16-18,22H,4,12-15H2,1-3H3,(H2,32,35)/b19-16+. The second-order valence-corrected chi connectivity index (χ2v) is 9.69. The maximum atomic E-state index is 13.1. The smallest absolute Gasteiger partial charge is 0.246 e. The van der Waals surface area contributed by atoms with E-state index in [1.807, 2.05) is 39.2 Å². The van der Waals surface area contributed by atoms with Crippen molar-refractivity contribution in [1.82, 2.24) is 4.90 Å². The van der Waals surface area contributed by atoms with Crippen molar-refractivity contribution in [3.05, 3.63) is 72.0 Å². The van der Waals surface area contributed by atoms with Gasteiger partial charge in [-0.05, 0) is 61.6 Å². The summed E-state index contributed by atoms with van der Waals surface area (Å²) in [5, 5.41) is 3.30. The number of piperidine rings is 1. The zero-order valence-corrected chi connectivity index (χ0v) is 21.5. The Morgan fingerprint density at radius 1 is 1.08 bits per heavy atom. The number of rotatable bonds is 6. The van der Waals surface area contributed by atoms with Gasteiger partial charge in [-0.15, -0.1) is 0 Å². The lowest BCUT2D eigenvalue weighted by Gasteiger charge is -2.30. The SMILES string of the molecule is CCOc1c(/C(C)=C/C(=O)N2CCC(C(N)=O)CC2)cc2c(-c3cccc4ccccc34)coc2c1C. The number of fused-ring (bicyclic) bond motifs is 2. The summed E-state index contributed by atoms with van der Waals surface area (Å²) in [6.45, 7) is 7.44. The van der Waals surface area contributed by atoms with E-state index in [4.69, 9.17) is 14.9 Å². The summed E-state index contributed by atoms with van der Waals surface area (Å²) in [6.07, 6.45) is 4.69. The van der Waals surface area contributed by atoms with E-state index in [0.717, 1.165) is 49.9 Å². The highest BCUT2D eigenvalue weighted by Crippen LogP contribution is 2.42. The second-order valence-electron chi connectivity index (χ2n) is 9.69. The molecule has 2 heterocycles. The van der Waals surface area contributed by atoms with Gasteiger partial charge < -0.3 is 19.8 Å². The van der Waals surface area contributed by atoms with E-state index >= 15 is 0 Å². The highest BCUT2D eigenvalue weighted by atomic mass is 16.5. The molecule has 0 unspecified atom stereocenters. The molecule has 0 bridgehead atoms. The largest absolute Gasteiger partial charge is 0.493 e. The van der Waals surface area contributed by atoms with Gasteiger partial charge in [-0.1, -0.05) is 42.5 Å². The summed E-state index contributed by atoms with van der Waals surface area (Å²) >= 11 is 0. The number of nitrogens with zero attached hydrogens (tertiary/aromatic N) is 1. The number of primary amides is 1. The maximum absolute atomic E-state index is 13.1. The molecule has 1 saturated heterocycles. The van der Waals surface area contributed by atoms with Crippen LogP contribution in [0, 0.1) is 12.8 Å². The van der Waals surface area contributed by atoms with Crippen LogP contribution in [0.3, 0.4) is 0 Å². The first-order chi connectivity index (χ1) is 17.9. The van der Waals surface area contributed by atoms with Crippen LogP contribution < -0.4 is 10.5 Å². The molecule has 2 N–H and O–H groups in total. The zero-order chi connectivity index (χ0) is 26.1. The molecule has 37 heavy (non-hydrogen) atoms. The van der Waals surface area contributed by atoms with Gasteiger partial charge in [0.05, 0.1) is 12.9 Å². The predicted octanol–water partition coefficient (Wildman–Crippen LogP) is 6.09. The average Bonchev–Trinajstić information content (AvgIpc) is 3.34. The van der Waals surface area contributed by atoms with E-state index in [1.165, 1.54) is 5.39 Å². The summed E-state index contributed by atoms with van der Waals surface area (Å²) in [4.78, 5) is 26.4. The number of amides is 2. The van der Waals surface area contributed by atoms with Crippen molar-refractivity contribution in [2.45, 2.75) is 33.6 Å². The van der Waals surface area contributed by atoms with Gasteiger partial charge in [0, 0.05) is 47.2 Å². The van der Waals surface area contributed by atoms with E-state index < -0.39 is 0 Å². The summed E-state index contributed by atoms with van der Waals surface area (Å²) in [6, 6.07) is 16.7. The number of hydrogen-bond donors (Lipinski definition) is 1. The van der Waals surface area contributed by atoms with Gasteiger partial charge in [0.15, 0.2) is 0 Å². The lowest BCUT2D eigenvalue weighted by molar-refractivity contribution is -0.130. The van der Waals surface area contributed by atoms with Gasteiger partial charge in [0.2, 0.25) is 11.8 Å². The van der Waals surface area contributed by atoms with Crippen LogP contribution in [0.15, 0.2) is 65.3 Å². The number of benzene rings is 3. The van der Waals surface area contributed by atoms with Crippen LogP contribution in [0.2, 0.25) is 0 Å². The molecule has 0 aliphatic carbocycles. The first-order valence-electron chi connectivity index (χ1n) is 12.8. The highest BCUT2D eigenvalue weighted by molar-refractivity contribution is 6.07. The fraction of sp³-hybridized carbons (Fsp3) is 0.290. The molecule has 3 aromatic carbocycles. The van der Waals surface area contributed by atoms with Crippen molar-refractivity contribution in [2.24, 2.45) is 11.7 Å². The van der Waals surface area contributed by atoms with E-state index in [1.54, 1.807) is 11.0 Å². The summed E-state index contributed by atoms with van der Waals surface area (Å²) < 4.78 is 12.2. The molecule has 0 saturated carbocycles. The molecule has 1 aliphatic heterocycles. The van der Waals surface area contributed by atoms with Crippen LogP contribution in [0.1, 0.15) is 37.8 Å². The van der Waals surface area contributed by atoms with Crippen LogP contribution in [-0.4, -0.2) is 36.4 Å². The third-order valence-corrected chi connectivity index (χ3v) is 7.39. The van der Waals surface area contributed by atoms with Crippen molar-refractivity contribution < 1.29 is 18.7 Å². The topological polar surface area (TPSA) is 85.8 Å². The molecule has 0 atom stereocenters. The first-order valence-corrected chi connectivity index (χ1v) is 12.8. The van der Waals surface area contributed by atoms with Gasteiger partial charge in [0.1, 0.15) is 11.3 Å². The third-order valence-electron chi connectivity index (χ3n) is 7.39. The third kappa shape index (κ3) is 4.59. The highest BCUT2D eigenvalue weighted by Gasteiger charge is 2.26. The van der Waals surface area contributed by atoms with Crippen LogP contribution in [0.5, 0.6) is 5.75 Å². The monoisotopic (exact) mass is 496 g/mol. The number of allylic oxidation sites excluding steroid dienone is 1. The van der Waals surface area contributed by atoms with Crippen molar-refractivity contribution in [3.63, 3.8) is 0 Å². The minimum atomic E-state index is -0.286. The Morgan fingerprint density at radius 3 is 2.54 bits per heavy atom. The molecule has 6 nitrogen and oxygen atoms in total. The Morgan fingerprint density at radius 2 is 1.81 bits per heavy atom. The predicted molar refractivity (Wildman–Crippen MR) is 147 cm³/mol. The van der Waals surface area contributed by atoms with Gasteiger partial charge in [0.25, 0.3) is 0 Å². The van der Waals surface area contributed by atoms with Gasteiger partial charge in [-0.3, -0.25) is 9.59 Å². The van der Waals surface area contributed by atoms with Crippen LogP contribution in [0.25, 0.3) is 38.4 Å². The minimum Gasteiger partial charge on any atom is -0.493 e. The fourth-order valence-electron chi connectivity index (χ4n) is 5.35. The van der Waals surface area contributed by atoms with E-state index in [9.17, 15) is 9.59 Å². The molecule has 2 amide bonds. The lowest BCUT2D eigenvalue weighted by atomic mass is 9.94. The zero-order valence-electron chi connectivity index (χ0n) is 21.5. The van der Waals surface area contributed by atoms with Gasteiger partial charge in [-0.25, -0.2) is 0 Å². The Hall–Kier alpha value is -4.06. The second kappa shape index (κ2) is 10.1. The Balaban J connectivity index is 1.57. The first kappa shape index (κ1) is 24.6. The summed E-state index contributed by atoms with van der Waals surface area (Å²) in [7, 11) is 0. The van der Waals surface area contributed by atoms with Crippen LogP contribution >= 0.6 is 0 Å². The molecular weight excluding hydrogens is 464 g/mol. The lowest BCUT2D eigenvalue weighted by Crippen LogP contribution is -2.41. The molecule has 4 aromatic rings. The maximum Gasteiger partial charge on any atom is 0.246 e. The van der Waals surface area contributed by atoms with Gasteiger partial charge in [-0.2, -0.15) is 0 Å². The molecule has 1 aliphatic rings. The van der Waals surface area contributed by atoms with Crippen molar-refractivity contribution in [1.29, 1.82) is 0 Å². The number of carbonyl (C=O) groups excluding carboxylic acids is 2. The molecule has 1 fully saturated rings. The summed E-state index contributed by atoms with van der Waals surface area (Å²) in [5.74, 6) is 0.216. The molecule has 6 heteroatoms. The number of likely N-dealkylation sites (tertiary alicyclic amines) is 1. The quantitative estimate of drug-likeness (QED) is 0.328. The molecule has 190 valence electrons. The number of ether oxygens (including phenoxy) is 1. The van der Waals surface area contributed by atoms with E-state index in [2.05, 4.69) is 36.4 Å². The van der Waals surface area contributed by atoms with Crippen molar-refractivity contribution in [2.75, 3.05) is 19.7 Å². The molecule has 0 radical (unpaired) electrons. The average molecular weight is 497 g/mol.